The lowest BCUT2D eigenvalue weighted by atomic mass is 10.1. The molecule has 0 radical (unpaired) electrons. The number of hydrogen-bond donors (Lipinski definition) is 5. The van der Waals surface area contributed by atoms with Gasteiger partial charge in [0.2, 0.25) is 35.4 Å². The van der Waals surface area contributed by atoms with E-state index in [1.807, 2.05) is 12.1 Å². The van der Waals surface area contributed by atoms with Crippen molar-refractivity contribution in [3.05, 3.63) is 96.4 Å². The molecule has 0 saturated carbocycles. The zero-order valence-electron chi connectivity index (χ0n) is 36.1. The van der Waals surface area contributed by atoms with Crippen LogP contribution in [0.3, 0.4) is 0 Å². The summed E-state index contributed by atoms with van der Waals surface area (Å²) in [5, 5.41) is 14.1. The molecule has 18 nitrogen and oxygen atoms in total. The van der Waals surface area contributed by atoms with E-state index >= 15 is 0 Å². The van der Waals surface area contributed by atoms with Crippen LogP contribution in [0.5, 0.6) is 0 Å². The number of likely N-dealkylation sites (tertiary alicyclic amines) is 2. The number of likely N-dealkylation sites (N-methyl/N-ethyl adjacent to an activating group) is 2. The summed E-state index contributed by atoms with van der Waals surface area (Å²) in [5.41, 5.74) is 1.29. The van der Waals surface area contributed by atoms with Gasteiger partial charge in [-0.2, -0.15) is 0 Å². The highest BCUT2D eigenvalue weighted by Crippen LogP contribution is 2.34. The van der Waals surface area contributed by atoms with E-state index in [9.17, 15) is 28.8 Å². The Morgan fingerprint density at radius 3 is 1.54 bits per heavy atom. The van der Waals surface area contributed by atoms with Crippen molar-refractivity contribution in [2.45, 2.75) is 88.6 Å². The Bertz CT molecular complexity index is 2300. The summed E-state index contributed by atoms with van der Waals surface area (Å²) in [7, 11) is 5.13. The summed E-state index contributed by atoms with van der Waals surface area (Å²) in [6.45, 7) is 4.08. The second-order valence-electron chi connectivity index (χ2n) is 15.7. The quantitative estimate of drug-likeness (QED) is 0.102. The highest BCUT2D eigenvalue weighted by molar-refractivity contribution is 6.03. The van der Waals surface area contributed by atoms with E-state index in [1.165, 1.54) is 12.5 Å². The Kier molecular flexibility index (Phi) is 15.4. The van der Waals surface area contributed by atoms with E-state index in [0.717, 1.165) is 0 Å². The van der Waals surface area contributed by atoms with E-state index in [1.54, 1.807) is 98.2 Å². The minimum atomic E-state index is -1.09. The SMILES string of the molecule is CN[C@@H](C)C(=O)N[C@@H](CC#CC[C@H](NC(=O)[C@H](C)N(C)C)C(=O)N1CCC[C@H]1c1nc(C(=O)Nc2ccccc2)co1)C(=O)N1CCC[C@H]1c1nc(C(=O)Nc2ccccc2)co1. The number of rotatable bonds is 16. The lowest BCUT2D eigenvalue weighted by Crippen LogP contribution is -2.52. The molecular formula is C45H54N10O8. The van der Waals surface area contributed by atoms with Gasteiger partial charge in [0.15, 0.2) is 11.4 Å². The fourth-order valence-corrected chi connectivity index (χ4v) is 7.20. The van der Waals surface area contributed by atoms with Crippen LogP contribution < -0.4 is 26.6 Å². The molecule has 63 heavy (non-hydrogen) atoms. The summed E-state index contributed by atoms with van der Waals surface area (Å²) in [5.74, 6) is 3.82. The molecule has 0 bridgehead atoms. The van der Waals surface area contributed by atoms with E-state index < -0.39 is 65.8 Å². The van der Waals surface area contributed by atoms with Gasteiger partial charge in [-0.15, -0.1) is 11.8 Å². The Balaban J connectivity index is 1.17. The van der Waals surface area contributed by atoms with Gasteiger partial charge in [-0.1, -0.05) is 36.4 Å². The standard InChI is InChI=1S/C45H54N10O8/c1-28(46-3)38(56)49-32(44(60)54-24-14-22-36(54)42-51-34(26-62-42)40(58)47-30-16-8-6-9-17-30)20-12-13-21-33(50-39(57)29(2)53(4)5)45(61)55-25-15-23-37(55)43-52-35(27-63-43)41(59)48-31-18-10-7-11-19-31/h6-11,16-19,26-29,32-33,36-37,46H,14-15,20-25H2,1-5H3,(H,47,58)(H,48,59)(H,49,56)(H,50,57)/t28-,29-,32-,33-,36-,37-/m0/s1. The number of oxazole rings is 2. The van der Waals surface area contributed by atoms with Crippen LogP contribution >= 0.6 is 0 Å². The van der Waals surface area contributed by atoms with Crippen molar-refractivity contribution in [2.24, 2.45) is 0 Å². The maximum atomic E-state index is 14.3. The summed E-state index contributed by atoms with van der Waals surface area (Å²) in [6, 6.07) is 13.3. The Labute approximate surface area is 365 Å². The molecule has 2 aliphatic heterocycles. The van der Waals surface area contributed by atoms with Crippen LogP contribution in [0.1, 0.15) is 97.2 Å². The molecule has 2 aliphatic rings. The average molecular weight is 863 g/mol. The molecule has 2 fully saturated rings. The van der Waals surface area contributed by atoms with Crippen molar-refractivity contribution < 1.29 is 37.6 Å². The maximum Gasteiger partial charge on any atom is 0.277 e. The zero-order valence-corrected chi connectivity index (χ0v) is 36.1. The summed E-state index contributed by atoms with van der Waals surface area (Å²) >= 11 is 0. The van der Waals surface area contributed by atoms with Crippen molar-refractivity contribution in [3.63, 3.8) is 0 Å². The first-order valence-corrected chi connectivity index (χ1v) is 21.0. The van der Waals surface area contributed by atoms with E-state index in [0.29, 0.717) is 50.1 Å². The van der Waals surface area contributed by atoms with E-state index in [2.05, 4.69) is 48.4 Å². The highest BCUT2D eigenvalue weighted by atomic mass is 16.3. The van der Waals surface area contributed by atoms with Gasteiger partial charge in [0.1, 0.15) is 36.7 Å². The number of carbonyl (C=O) groups excluding carboxylic acids is 6. The van der Waals surface area contributed by atoms with Crippen LogP contribution in [0.4, 0.5) is 11.4 Å². The molecule has 6 rings (SSSR count). The molecule has 18 heteroatoms. The molecule has 2 aromatic heterocycles. The topological polar surface area (TPSA) is 224 Å². The second-order valence-corrected chi connectivity index (χ2v) is 15.7. The lowest BCUT2D eigenvalue weighted by Gasteiger charge is -2.28. The smallest absolute Gasteiger partial charge is 0.277 e. The van der Waals surface area contributed by atoms with Crippen molar-refractivity contribution in [1.29, 1.82) is 0 Å². The number of nitrogens with zero attached hydrogens (tertiary/aromatic N) is 5. The molecule has 0 unspecified atom stereocenters. The van der Waals surface area contributed by atoms with Gasteiger partial charge in [-0.05, 0) is 84.9 Å². The van der Waals surface area contributed by atoms with Gasteiger partial charge < -0.3 is 45.2 Å². The second kappa shape index (κ2) is 21.3. The number of hydrogen-bond acceptors (Lipinski definition) is 12. The first-order chi connectivity index (χ1) is 30.3. The molecular weight excluding hydrogens is 809 g/mol. The fraction of sp³-hybridized carbons (Fsp3) is 0.422. The van der Waals surface area contributed by atoms with Crippen molar-refractivity contribution in [1.82, 2.24) is 40.6 Å². The van der Waals surface area contributed by atoms with Gasteiger partial charge in [-0.3, -0.25) is 33.7 Å². The summed E-state index contributed by atoms with van der Waals surface area (Å²) in [6.07, 6.45) is 4.59. The number of anilines is 2. The minimum Gasteiger partial charge on any atom is -0.446 e. The fourth-order valence-electron chi connectivity index (χ4n) is 7.20. The predicted molar refractivity (Wildman–Crippen MR) is 232 cm³/mol. The van der Waals surface area contributed by atoms with Crippen molar-refractivity contribution in [3.8, 4) is 11.8 Å². The van der Waals surface area contributed by atoms with Crippen molar-refractivity contribution >= 4 is 46.8 Å². The molecule has 0 aliphatic carbocycles. The van der Waals surface area contributed by atoms with E-state index in [-0.39, 0.29) is 41.9 Å². The largest absolute Gasteiger partial charge is 0.446 e. The van der Waals surface area contributed by atoms with Gasteiger partial charge in [0.05, 0.1) is 12.1 Å². The number of carbonyl (C=O) groups is 6. The van der Waals surface area contributed by atoms with Crippen LogP contribution in [0.15, 0.2) is 82.0 Å². The van der Waals surface area contributed by atoms with Crippen LogP contribution in [0.25, 0.3) is 0 Å². The molecule has 0 spiro atoms. The Morgan fingerprint density at radius 1 is 0.698 bits per heavy atom. The Hall–Kier alpha value is -6.84. The van der Waals surface area contributed by atoms with E-state index in [4.69, 9.17) is 8.83 Å². The minimum absolute atomic E-state index is 0.0551. The third-order valence-corrected chi connectivity index (χ3v) is 11.2. The number of aromatic nitrogens is 2. The van der Waals surface area contributed by atoms with Crippen LogP contribution in [0.2, 0.25) is 0 Å². The van der Waals surface area contributed by atoms with Crippen molar-refractivity contribution in [2.75, 3.05) is 44.9 Å². The molecule has 2 saturated heterocycles. The van der Waals surface area contributed by atoms with Gasteiger partial charge >= 0.3 is 0 Å². The molecule has 4 heterocycles. The normalized spacial score (nSPS) is 17.8. The summed E-state index contributed by atoms with van der Waals surface area (Å²) < 4.78 is 11.5. The molecule has 6 amide bonds. The average Bonchev–Trinajstić information content (AvgIpc) is 4.14. The van der Waals surface area contributed by atoms with Crippen LogP contribution in [0, 0.1) is 11.8 Å². The molecule has 4 aromatic rings. The van der Waals surface area contributed by atoms with Gasteiger partial charge in [0, 0.05) is 37.3 Å². The maximum absolute atomic E-state index is 14.3. The van der Waals surface area contributed by atoms with Gasteiger partial charge in [0.25, 0.3) is 11.8 Å². The Morgan fingerprint density at radius 2 is 1.13 bits per heavy atom. The summed E-state index contributed by atoms with van der Waals surface area (Å²) in [4.78, 5) is 94.7. The molecule has 5 N–H and O–H groups in total. The first-order valence-electron chi connectivity index (χ1n) is 21.0. The van der Waals surface area contributed by atoms with Gasteiger partial charge in [-0.25, -0.2) is 9.97 Å². The third kappa shape index (κ3) is 11.6. The molecule has 2 aromatic carbocycles. The molecule has 332 valence electrons. The third-order valence-electron chi connectivity index (χ3n) is 11.2. The number of nitrogens with one attached hydrogen (secondary N) is 5. The molecule has 6 atom stereocenters. The number of para-hydroxylation sites is 2. The first kappa shape index (κ1) is 45.7. The van der Waals surface area contributed by atoms with Crippen LogP contribution in [-0.4, -0.2) is 119 Å². The predicted octanol–water partition coefficient (Wildman–Crippen LogP) is 3.51. The number of benzene rings is 2. The number of amides is 6. The highest BCUT2D eigenvalue weighted by Gasteiger charge is 2.39. The van der Waals surface area contributed by atoms with Crippen LogP contribution in [-0.2, 0) is 19.2 Å². The lowest BCUT2D eigenvalue weighted by molar-refractivity contribution is -0.138. The zero-order chi connectivity index (χ0) is 45.0. The monoisotopic (exact) mass is 862 g/mol.